The first-order valence-corrected chi connectivity index (χ1v) is 8.88. The lowest BCUT2D eigenvalue weighted by atomic mass is 10.0. The maximum absolute atomic E-state index is 13.7. The van der Waals surface area contributed by atoms with Crippen LogP contribution in [0.25, 0.3) is 22.2 Å². The van der Waals surface area contributed by atoms with Crippen molar-refractivity contribution in [3.63, 3.8) is 0 Å². The van der Waals surface area contributed by atoms with E-state index >= 15 is 0 Å². The summed E-state index contributed by atoms with van der Waals surface area (Å²) in [5.74, 6) is -3.35. The van der Waals surface area contributed by atoms with E-state index in [1.54, 1.807) is 30.3 Å². The molecule has 1 N–H and O–H groups in total. The average Bonchev–Trinajstić information content (AvgIpc) is 2.74. The number of halogens is 2. The quantitative estimate of drug-likeness (QED) is 0.529. The van der Waals surface area contributed by atoms with Gasteiger partial charge < -0.3 is 5.32 Å². The number of pyridine rings is 1. The maximum atomic E-state index is 13.7. The van der Waals surface area contributed by atoms with E-state index in [0.717, 1.165) is 12.3 Å². The molecule has 0 bridgehead atoms. The molecule has 0 unspecified atom stereocenters. The second kappa shape index (κ2) is 7.35. The number of hydrogen-bond donors (Lipinski definition) is 1. The fourth-order valence-electron chi connectivity index (χ4n) is 2.96. The number of hydrogen-bond acceptors (Lipinski definition) is 4. The van der Waals surface area contributed by atoms with Gasteiger partial charge in [-0.1, -0.05) is 36.4 Å². The van der Waals surface area contributed by atoms with Gasteiger partial charge in [0.05, 0.1) is 23.1 Å². The molecule has 2 heterocycles. The fourth-order valence-corrected chi connectivity index (χ4v) is 2.96. The number of aromatic nitrogens is 3. The first-order valence-electron chi connectivity index (χ1n) is 8.88. The summed E-state index contributed by atoms with van der Waals surface area (Å²) in [5, 5.41) is 3.60. The maximum Gasteiger partial charge on any atom is 0.275 e. The Kier molecular flexibility index (Phi) is 4.72. The monoisotopic (exact) mass is 390 g/mol. The second-order valence-corrected chi connectivity index (χ2v) is 6.59. The number of fused-ring (bicyclic) bond motifs is 1. The van der Waals surface area contributed by atoms with Crippen LogP contribution in [-0.4, -0.2) is 20.9 Å². The standard InChI is InChI=1S/C22H16F2N4O/c1-22(23,24)16-6-2-5-15(12-16)17-9-8-14-4-3-7-18(20(14)27-17)28-21(29)19-13-25-10-11-26-19/h2-13H,1H3,(H,28,29). The van der Waals surface area contributed by atoms with E-state index in [1.807, 2.05) is 12.1 Å². The van der Waals surface area contributed by atoms with E-state index in [2.05, 4.69) is 20.3 Å². The third-order valence-electron chi connectivity index (χ3n) is 4.43. The number of nitrogens with one attached hydrogen (secondary N) is 1. The Morgan fingerprint density at radius 1 is 1.03 bits per heavy atom. The highest BCUT2D eigenvalue weighted by Crippen LogP contribution is 2.31. The molecule has 4 rings (SSSR count). The molecule has 0 saturated heterocycles. The van der Waals surface area contributed by atoms with Gasteiger partial charge in [-0.15, -0.1) is 0 Å². The SMILES string of the molecule is CC(F)(F)c1cccc(-c2ccc3cccc(NC(=O)c4cnccn4)c3n2)c1. The van der Waals surface area contributed by atoms with Gasteiger partial charge in [0.2, 0.25) is 0 Å². The number of anilines is 1. The van der Waals surface area contributed by atoms with E-state index in [0.29, 0.717) is 22.5 Å². The van der Waals surface area contributed by atoms with E-state index in [-0.39, 0.29) is 11.3 Å². The van der Waals surface area contributed by atoms with Crippen molar-refractivity contribution in [2.45, 2.75) is 12.8 Å². The molecule has 0 saturated carbocycles. The number of alkyl halides is 2. The first kappa shape index (κ1) is 18.6. The highest BCUT2D eigenvalue weighted by molar-refractivity contribution is 6.07. The molecule has 144 valence electrons. The Morgan fingerprint density at radius 3 is 2.62 bits per heavy atom. The predicted molar refractivity (Wildman–Crippen MR) is 107 cm³/mol. The van der Waals surface area contributed by atoms with Gasteiger partial charge in [0.25, 0.3) is 11.8 Å². The number of nitrogens with zero attached hydrogens (tertiary/aromatic N) is 3. The van der Waals surface area contributed by atoms with E-state index in [4.69, 9.17) is 0 Å². The molecule has 5 nitrogen and oxygen atoms in total. The summed E-state index contributed by atoms with van der Waals surface area (Å²) in [6, 6.07) is 15.1. The van der Waals surface area contributed by atoms with Crippen LogP contribution in [0.4, 0.5) is 14.5 Å². The third kappa shape index (κ3) is 3.94. The molecule has 0 aliphatic rings. The van der Waals surface area contributed by atoms with Gasteiger partial charge >= 0.3 is 0 Å². The number of carbonyl (C=O) groups excluding carboxylic acids is 1. The molecular weight excluding hydrogens is 374 g/mol. The Hall–Kier alpha value is -3.74. The average molecular weight is 390 g/mol. The van der Waals surface area contributed by atoms with Crippen LogP contribution in [0.2, 0.25) is 0 Å². The number of rotatable bonds is 4. The lowest BCUT2D eigenvalue weighted by molar-refractivity contribution is 0.0175. The zero-order valence-corrected chi connectivity index (χ0v) is 15.4. The van der Waals surface area contributed by atoms with Gasteiger partial charge in [-0.05, 0) is 18.2 Å². The predicted octanol–water partition coefficient (Wildman–Crippen LogP) is 5.06. The normalized spacial score (nSPS) is 11.4. The molecule has 4 aromatic rings. The largest absolute Gasteiger partial charge is 0.319 e. The molecule has 0 fully saturated rings. The van der Waals surface area contributed by atoms with Gasteiger partial charge in [-0.25, -0.2) is 18.7 Å². The van der Waals surface area contributed by atoms with Gasteiger partial charge in [-0.2, -0.15) is 0 Å². The van der Waals surface area contributed by atoms with Crippen LogP contribution < -0.4 is 5.32 Å². The van der Waals surface area contributed by atoms with Crippen molar-refractivity contribution in [3.05, 3.63) is 84.4 Å². The van der Waals surface area contributed by atoms with Crippen LogP contribution in [0, 0.1) is 0 Å². The molecule has 7 heteroatoms. The molecule has 2 aromatic carbocycles. The number of carbonyl (C=O) groups is 1. The van der Waals surface area contributed by atoms with Crippen LogP contribution in [0.1, 0.15) is 23.0 Å². The summed E-state index contributed by atoms with van der Waals surface area (Å²) in [6.45, 7) is 0.861. The minimum atomic E-state index is -2.94. The van der Waals surface area contributed by atoms with Gasteiger partial charge in [0.15, 0.2) is 0 Å². The Balaban J connectivity index is 1.74. The van der Waals surface area contributed by atoms with Crippen molar-refractivity contribution in [3.8, 4) is 11.3 Å². The van der Waals surface area contributed by atoms with Crippen LogP contribution in [-0.2, 0) is 5.92 Å². The van der Waals surface area contributed by atoms with Gasteiger partial charge in [0, 0.05) is 35.8 Å². The van der Waals surface area contributed by atoms with Crippen molar-refractivity contribution in [2.24, 2.45) is 0 Å². The van der Waals surface area contributed by atoms with Crippen LogP contribution in [0.15, 0.2) is 73.2 Å². The lowest BCUT2D eigenvalue weighted by Crippen LogP contribution is -2.14. The Morgan fingerprint density at radius 2 is 1.86 bits per heavy atom. The van der Waals surface area contributed by atoms with Crippen molar-refractivity contribution in [1.82, 2.24) is 15.0 Å². The summed E-state index contributed by atoms with van der Waals surface area (Å²) in [4.78, 5) is 24.9. The smallest absolute Gasteiger partial charge is 0.275 e. The molecule has 0 spiro atoms. The Labute approximate surface area is 165 Å². The summed E-state index contributed by atoms with van der Waals surface area (Å²) in [6.07, 6.45) is 4.29. The minimum Gasteiger partial charge on any atom is -0.319 e. The molecule has 0 aliphatic carbocycles. The third-order valence-corrected chi connectivity index (χ3v) is 4.43. The van der Waals surface area contributed by atoms with Crippen molar-refractivity contribution in [2.75, 3.05) is 5.32 Å². The minimum absolute atomic E-state index is 0.0823. The van der Waals surface area contributed by atoms with Crippen LogP contribution in [0.3, 0.4) is 0 Å². The van der Waals surface area contributed by atoms with Gasteiger partial charge in [-0.3, -0.25) is 9.78 Å². The molecule has 1 amide bonds. The van der Waals surface area contributed by atoms with E-state index in [9.17, 15) is 13.6 Å². The number of para-hydroxylation sites is 1. The highest BCUT2D eigenvalue weighted by atomic mass is 19.3. The van der Waals surface area contributed by atoms with E-state index < -0.39 is 11.8 Å². The number of amides is 1. The molecule has 29 heavy (non-hydrogen) atoms. The fraction of sp³-hybridized carbons (Fsp3) is 0.0909. The summed E-state index contributed by atoms with van der Waals surface area (Å²) in [7, 11) is 0. The number of benzene rings is 2. The van der Waals surface area contributed by atoms with Gasteiger partial charge in [0.1, 0.15) is 5.69 Å². The van der Waals surface area contributed by atoms with E-state index in [1.165, 1.54) is 30.7 Å². The topological polar surface area (TPSA) is 67.8 Å². The molecule has 0 radical (unpaired) electrons. The van der Waals surface area contributed by atoms with Crippen molar-refractivity contribution in [1.29, 1.82) is 0 Å². The lowest BCUT2D eigenvalue weighted by Gasteiger charge is -2.13. The Bertz CT molecular complexity index is 1190. The second-order valence-electron chi connectivity index (χ2n) is 6.59. The summed E-state index contributed by atoms with van der Waals surface area (Å²) < 4.78 is 27.4. The molecule has 0 aliphatic heterocycles. The summed E-state index contributed by atoms with van der Waals surface area (Å²) >= 11 is 0. The zero-order chi connectivity index (χ0) is 20.4. The molecular formula is C22H16F2N4O. The summed E-state index contributed by atoms with van der Waals surface area (Å²) in [5.41, 5.74) is 2.25. The highest BCUT2D eigenvalue weighted by Gasteiger charge is 2.24. The van der Waals surface area contributed by atoms with Crippen LogP contribution in [0.5, 0.6) is 0 Å². The van der Waals surface area contributed by atoms with Crippen molar-refractivity contribution < 1.29 is 13.6 Å². The van der Waals surface area contributed by atoms with Crippen LogP contribution >= 0.6 is 0 Å². The van der Waals surface area contributed by atoms with Crippen molar-refractivity contribution >= 4 is 22.5 Å². The molecule has 2 aromatic heterocycles. The molecule has 0 atom stereocenters. The first-order chi connectivity index (χ1) is 13.9. The zero-order valence-electron chi connectivity index (χ0n) is 15.4.